The molecule has 0 spiro atoms. The van der Waals surface area contributed by atoms with Gasteiger partial charge in [-0.1, -0.05) is 5.21 Å². The standard InChI is InChI=1S/C6H6N6O2/c1-3(13)4-2-8-11-12(4)6-5(7)9-14-10-6/h2H,1H3,(H2,7,9). The topological polar surface area (TPSA) is 113 Å². The van der Waals surface area contributed by atoms with E-state index in [9.17, 15) is 4.79 Å². The average molecular weight is 194 g/mol. The first-order valence-corrected chi connectivity index (χ1v) is 3.70. The predicted molar refractivity (Wildman–Crippen MR) is 43.6 cm³/mol. The van der Waals surface area contributed by atoms with E-state index in [0.29, 0.717) is 0 Å². The van der Waals surface area contributed by atoms with E-state index in [0.717, 1.165) is 0 Å². The number of hydrogen-bond donors (Lipinski definition) is 1. The van der Waals surface area contributed by atoms with Gasteiger partial charge in [-0.05, 0) is 10.3 Å². The number of nitrogen functional groups attached to an aromatic ring is 1. The molecule has 0 aromatic carbocycles. The Morgan fingerprint density at radius 3 is 2.93 bits per heavy atom. The molecule has 0 aliphatic carbocycles. The van der Waals surface area contributed by atoms with Crippen LogP contribution in [0.2, 0.25) is 0 Å². The van der Waals surface area contributed by atoms with Crippen LogP contribution in [0.1, 0.15) is 17.4 Å². The van der Waals surface area contributed by atoms with Crippen molar-refractivity contribution in [2.75, 3.05) is 5.73 Å². The number of ketones is 1. The predicted octanol–water partition coefficient (Wildman–Crippen LogP) is -0.565. The molecule has 72 valence electrons. The third-order valence-electron chi connectivity index (χ3n) is 1.61. The number of anilines is 1. The van der Waals surface area contributed by atoms with Gasteiger partial charge in [0.25, 0.3) is 0 Å². The lowest BCUT2D eigenvalue weighted by atomic mass is 10.3. The molecular weight excluding hydrogens is 188 g/mol. The summed E-state index contributed by atoms with van der Waals surface area (Å²) < 4.78 is 5.55. The van der Waals surface area contributed by atoms with Gasteiger partial charge in [0.15, 0.2) is 5.78 Å². The minimum absolute atomic E-state index is 0.0537. The van der Waals surface area contributed by atoms with Crippen LogP contribution in [0.4, 0.5) is 5.82 Å². The summed E-state index contributed by atoms with van der Waals surface area (Å²) in [7, 11) is 0. The van der Waals surface area contributed by atoms with Crippen molar-refractivity contribution in [1.82, 2.24) is 25.3 Å². The summed E-state index contributed by atoms with van der Waals surface area (Å²) >= 11 is 0. The maximum Gasteiger partial charge on any atom is 0.244 e. The third kappa shape index (κ3) is 1.13. The molecular formula is C6H6N6O2. The number of rotatable bonds is 2. The van der Waals surface area contributed by atoms with E-state index in [-0.39, 0.29) is 23.1 Å². The van der Waals surface area contributed by atoms with Crippen molar-refractivity contribution in [3.05, 3.63) is 11.9 Å². The Bertz CT molecular complexity index is 472. The molecule has 0 atom stereocenters. The summed E-state index contributed by atoms with van der Waals surface area (Å²) in [6.45, 7) is 1.39. The third-order valence-corrected chi connectivity index (χ3v) is 1.61. The number of carbonyl (C=O) groups is 1. The van der Waals surface area contributed by atoms with Crippen LogP contribution >= 0.6 is 0 Å². The van der Waals surface area contributed by atoms with Gasteiger partial charge in [0.05, 0.1) is 6.20 Å². The molecule has 0 radical (unpaired) electrons. The number of nitrogens with two attached hydrogens (primary N) is 1. The second-order valence-electron chi connectivity index (χ2n) is 2.56. The lowest BCUT2D eigenvalue weighted by molar-refractivity contribution is 0.101. The van der Waals surface area contributed by atoms with Crippen LogP contribution in [-0.4, -0.2) is 31.1 Å². The zero-order chi connectivity index (χ0) is 10.1. The van der Waals surface area contributed by atoms with Crippen molar-refractivity contribution in [1.29, 1.82) is 0 Å². The Morgan fingerprint density at radius 1 is 1.57 bits per heavy atom. The van der Waals surface area contributed by atoms with Crippen LogP contribution in [0.15, 0.2) is 10.8 Å². The van der Waals surface area contributed by atoms with E-state index in [4.69, 9.17) is 5.73 Å². The van der Waals surface area contributed by atoms with E-state index >= 15 is 0 Å². The maximum atomic E-state index is 11.1. The summed E-state index contributed by atoms with van der Waals surface area (Å²) in [5.74, 6) is 0.0168. The smallest absolute Gasteiger partial charge is 0.244 e. The minimum Gasteiger partial charge on any atom is -0.378 e. The van der Waals surface area contributed by atoms with Gasteiger partial charge < -0.3 is 5.73 Å². The Hall–Kier alpha value is -2.25. The summed E-state index contributed by atoms with van der Waals surface area (Å²) in [5.41, 5.74) is 5.70. The highest BCUT2D eigenvalue weighted by molar-refractivity contribution is 5.92. The van der Waals surface area contributed by atoms with E-state index in [2.05, 4.69) is 25.3 Å². The molecule has 0 aliphatic rings. The zero-order valence-corrected chi connectivity index (χ0v) is 7.21. The van der Waals surface area contributed by atoms with Crippen LogP contribution in [0.25, 0.3) is 5.82 Å². The van der Waals surface area contributed by atoms with Gasteiger partial charge in [0.1, 0.15) is 5.69 Å². The highest BCUT2D eigenvalue weighted by Gasteiger charge is 2.16. The van der Waals surface area contributed by atoms with Gasteiger partial charge >= 0.3 is 0 Å². The van der Waals surface area contributed by atoms with Crippen LogP contribution in [0.3, 0.4) is 0 Å². The van der Waals surface area contributed by atoms with Gasteiger partial charge in [0.2, 0.25) is 11.6 Å². The van der Waals surface area contributed by atoms with Crippen molar-refractivity contribution in [3.63, 3.8) is 0 Å². The number of carbonyl (C=O) groups excluding carboxylic acids is 1. The van der Waals surface area contributed by atoms with Crippen molar-refractivity contribution in [2.24, 2.45) is 0 Å². The first kappa shape index (κ1) is 8.35. The van der Waals surface area contributed by atoms with E-state index in [1.165, 1.54) is 17.8 Å². The molecule has 2 aromatic heterocycles. The maximum absolute atomic E-state index is 11.1. The second kappa shape index (κ2) is 2.91. The summed E-state index contributed by atoms with van der Waals surface area (Å²) in [6.07, 6.45) is 1.32. The molecule has 0 fully saturated rings. The Balaban J connectivity index is 2.57. The van der Waals surface area contributed by atoms with Crippen molar-refractivity contribution >= 4 is 11.6 Å². The molecule has 0 saturated heterocycles. The van der Waals surface area contributed by atoms with Crippen LogP contribution in [0.5, 0.6) is 0 Å². The normalized spacial score (nSPS) is 10.4. The van der Waals surface area contributed by atoms with Crippen LogP contribution in [0, 0.1) is 0 Å². The largest absolute Gasteiger partial charge is 0.378 e. The Kier molecular flexibility index (Phi) is 1.73. The molecule has 0 unspecified atom stereocenters. The number of hydrogen-bond acceptors (Lipinski definition) is 7. The number of nitrogens with zero attached hydrogens (tertiary/aromatic N) is 5. The molecule has 2 heterocycles. The van der Waals surface area contributed by atoms with Gasteiger partial charge in [0, 0.05) is 6.92 Å². The SMILES string of the molecule is CC(=O)c1cnnn1-c1nonc1N. The van der Waals surface area contributed by atoms with E-state index in [1.807, 2.05) is 0 Å². The Morgan fingerprint density at radius 2 is 2.36 bits per heavy atom. The summed E-state index contributed by atoms with van der Waals surface area (Å²) in [4.78, 5) is 11.1. The average Bonchev–Trinajstić information content (AvgIpc) is 2.70. The monoisotopic (exact) mass is 194 g/mol. The number of Topliss-reactive ketones (excluding diaryl/α,β-unsaturated/α-hetero) is 1. The summed E-state index contributed by atoms with van der Waals surface area (Å²) in [5, 5.41) is 14.1. The minimum atomic E-state index is -0.197. The molecule has 2 N–H and O–H groups in total. The van der Waals surface area contributed by atoms with Crippen molar-refractivity contribution in [3.8, 4) is 5.82 Å². The second-order valence-corrected chi connectivity index (χ2v) is 2.56. The van der Waals surface area contributed by atoms with Crippen molar-refractivity contribution in [2.45, 2.75) is 6.92 Å². The molecule has 0 bridgehead atoms. The Labute approximate surface area is 77.7 Å². The molecule has 14 heavy (non-hydrogen) atoms. The molecule has 0 aliphatic heterocycles. The molecule has 8 nitrogen and oxygen atoms in total. The summed E-state index contributed by atoms with van der Waals surface area (Å²) in [6, 6.07) is 0. The highest BCUT2D eigenvalue weighted by Crippen LogP contribution is 2.12. The van der Waals surface area contributed by atoms with Gasteiger partial charge in [-0.25, -0.2) is 4.63 Å². The van der Waals surface area contributed by atoms with Crippen molar-refractivity contribution < 1.29 is 9.42 Å². The quantitative estimate of drug-likeness (QED) is 0.637. The first-order valence-electron chi connectivity index (χ1n) is 3.70. The number of aromatic nitrogens is 5. The fourth-order valence-corrected chi connectivity index (χ4v) is 0.969. The van der Waals surface area contributed by atoms with Crippen LogP contribution in [-0.2, 0) is 0 Å². The molecule has 8 heteroatoms. The zero-order valence-electron chi connectivity index (χ0n) is 7.21. The van der Waals surface area contributed by atoms with E-state index in [1.54, 1.807) is 0 Å². The van der Waals surface area contributed by atoms with Gasteiger partial charge in [-0.2, -0.15) is 4.68 Å². The van der Waals surface area contributed by atoms with Crippen LogP contribution < -0.4 is 5.73 Å². The molecule has 2 aromatic rings. The van der Waals surface area contributed by atoms with Gasteiger partial charge in [-0.15, -0.1) is 5.10 Å². The lowest BCUT2D eigenvalue weighted by Crippen LogP contribution is -2.08. The highest BCUT2D eigenvalue weighted by atomic mass is 16.6. The fourth-order valence-electron chi connectivity index (χ4n) is 0.969. The molecule has 0 saturated carbocycles. The van der Waals surface area contributed by atoms with E-state index < -0.39 is 0 Å². The molecule has 0 amide bonds. The molecule has 2 rings (SSSR count). The lowest BCUT2D eigenvalue weighted by Gasteiger charge is -1.96. The van der Waals surface area contributed by atoms with Gasteiger partial charge in [-0.3, -0.25) is 4.79 Å². The first-order chi connectivity index (χ1) is 6.70. The fraction of sp³-hybridized carbons (Fsp3) is 0.167.